The van der Waals surface area contributed by atoms with Crippen molar-refractivity contribution in [2.75, 3.05) is 0 Å². The number of carbonyl (C=O) groups excluding carboxylic acids is 1. The molecule has 0 aliphatic heterocycles. The minimum atomic E-state index is -0.482. The second kappa shape index (κ2) is 7.41. The van der Waals surface area contributed by atoms with E-state index in [2.05, 4.69) is 10.9 Å². The number of halogens is 4. The summed E-state index contributed by atoms with van der Waals surface area (Å²) in [7, 11) is 0. The van der Waals surface area contributed by atoms with Gasteiger partial charge in [0.25, 0.3) is 5.91 Å². The average Bonchev–Trinajstić information content (AvgIpc) is 2.89. The zero-order valence-corrected chi connectivity index (χ0v) is 16.2. The summed E-state index contributed by atoms with van der Waals surface area (Å²) in [5, 5.41) is 1.48. The molecule has 25 heavy (non-hydrogen) atoms. The summed E-state index contributed by atoms with van der Waals surface area (Å²) in [6.45, 7) is 0.197. The smallest absolute Gasteiger partial charge is 0.279 e. The molecular weight excluding hydrogens is 422 g/mol. The van der Waals surface area contributed by atoms with Gasteiger partial charge in [-0.3, -0.25) is 4.79 Å². The molecule has 0 fully saturated rings. The van der Waals surface area contributed by atoms with E-state index in [0.29, 0.717) is 30.4 Å². The van der Waals surface area contributed by atoms with Crippen molar-refractivity contribution < 1.29 is 4.79 Å². The summed E-state index contributed by atoms with van der Waals surface area (Å²) in [6.07, 6.45) is 5.45. The molecule has 1 heterocycles. The summed E-state index contributed by atoms with van der Waals surface area (Å²) >= 11 is 25.6. The number of aromatic nitrogens is 1. The van der Waals surface area contributed by atoms with Crippen LogP contribution in [0.25, 0.3) is 10.2 Å². The Morgan fingerprint density at radius 3 is 2.48 bits per heavy atom. The van der Waals surface area contributed by atoms with E-state index in [0.717, 1.165) is 4.70 Å². The van der Waals surface area contributed by atoms with Crippen molar-refractivity contribution in [2.45, 2.75) is 6.54 Å². The molecule has 0 saturated heterocycles. The highest BCUT2D eigenvalue weighted by Gasteiger charge is 2.14. The van der Waals surface area contributed by atoms with Crippen LogP contribution in [0.1, 0.15) is 10.4 Å². The van der Waals surface area contributed by atoms with Gasteiger partial charge in [-0.15, -0.1) is 6.42 Å². The van der Waals surface area contributed by atoms with E-state index in [1.165, 1.54) is 23.5 Å². The SMILES string of the molecule is C#CCn1c(=NC(=O)c2cc(Cl)cc(Cl)c2)sc2ccc(Cl)c(Cl)c21. The number of amides is 1. The van der Waals surface area contributed by atoms with Crippen LogP contribution < -0.4 is 4.80 Å². The maximum atomic E-state index is 12.5. The molecule has 0 unspecified atom stereocenters. The summed E-state index contributed by atoms with van der Waals surface area (Å²) in [5.41, 5.74) is 0.930. The maximum Gasteiger partial charge on any atom is 0.279 e. The topological polar surface area (TPSA) is 34.4 Å². The van der Waals surface area contributed by atoms with Crippen molar-refractivity contribution in [3.05, 3.63) is 60.8 Å². The number of fused-ring (bicyclic) bond motifs is 1. The van der Waals surface area contributed by atoms with E-state index in [1.54, 1.807) is 22.8 Å². The van der Waals surface area contributed by atoms with Crippen LogP contribution >= 0.6 is 57.7 Å². The lowest BCUT2D eigenvalue weighted by Gasteiger charge is -2.03. The van der Waals surface area contributed by atoms with Crippen LogP contribution in [0.2, 0.25) is 20.1 Å². The zero-order chi connectivity index (χ0) is 18.1. The number of hydrogen-bond acceptors (Lipinski definition) is 2. The van der Waals surface area contributed by atoms with Gasteiger partial charge in [-0.05, 0) is 30.3 Å². The molecule has 0 aliphatic carbocycles. The van der Waals surface area contributed by atoms with Gasteiger partial charge in [0.2, 0.25) is 0 Å². The Bertz CT molecular complexity index is 1090. The number of nitrogens with zero attached hydrogens (tertiary/aromatic N) is 2. The highest BCUT2D eigenvalue weighted by atomic mass is 35.5. The van der Waals surface area contributed by atoms with Crippen LogP contribution in [0, 0.1) is 12.3 Å². The van der Waals surface area contributed by atoms with Gasteiger partial charge in [-0.2, -0.15) is 4.99 Å². The molecular formula is C17H8Cl4N2OS. The Kier molecular flexibility index (Phi) is 5.43. The van der Waals surface area contributed by atoms with Crippen molar-refractivity contribution in [2.24, 2.45) is 4.99 Å². The molecule has 3 rings (SSSR count). The van der Waals surface area contributed by atoms with Gasteiger partial charge < -0.3 is 4.57 Å². The average molecular weight is 430 g/mol. The Morgan fingerprint density at radius 2 is 1.84 bits per heavy atom. The quantitative estimate of drug-likeness (QED) is 0.481. The van der Waals surface area contributed by atoms with Crippen LogP contribution in [0.3, 0.4) is 0 Å². The van der Waals surface area contributed by atoms with Gasteiger partial charge in [-0.1, -0.05) is 63.7 Å². The molecule has 1 aromatic heterocycles. The second-order valence-electron chi connectivity index (χ2n) is 4.96. The van der Waals surface area contributed by atoms with Crippen molar-refractivity contribution in [1.29, 1.82) is 0 Å². The standard InChI is InChI=1S/C17H8Cl4N2OS/c1-2-5-23-15-13(4-3-12(20)14(15)21)25-17(23)22-16(24)9-6-10(18)8-11(19)7-9/h1,3-4,6-8H,5H2. The third-order valence-electron chi connectivity index (χ3n) is 3.29. The molecule has 126 valence electrons. The van der Waals surface area contributed by atoms with Gasteiger partial charge in [0, 0.05) is 15.6 Å². The molecule has 0 bridgehead atoms. The van der Waals surface area contributed by atoms with Crippen LogP contribution in [0.15, 0.2) is 35.3 Å². The summed E-state index contributed by atoms with van der Waals surface area (Å²) < 4.78 is 2.50. The fraction of sp³-hybridized carbons (Fsp3) is 0.0588. The summed E-state index contributed by atoms with van der Waals surface area (Å²) in [4.78, 5) is 17.1. The first-order valence-corrected chi connectivity index (χ1v) is 9.19. The van der Waals surface area contributed by atoms with Gasteiger partial charge in [0.15, 0.2) is 4.80 Å². The van der Waals surface area contributed by atoms with Crippen LogP contribution in [-0.4, -0.2) is 10.5 Å². The molecule has 8 heteroatoms. The van der Waals surface area contributed by atoms with E-state index in [9.17, 15) is 4.79 Å². The first-order chi connectivity index (χ1) is 11.9. The Labute approximate surface area is 167 Å². The van der Waals surface area contributed by atoms with Crippen molar-refractivity contribution in [1.82, 2.24) is 4.57 Å². The summed E-state index contributed by atoms with van der Waals surface area (Å²) in [6, 6.07) is 8.04. The third-order valence-corrected chi connectivity index (χ3v) is 5.56. The van der Waals surface area contributed by atoms with Crippen molar-refractivity contribution >= 4 is 73.9 Å². The Morgan fingerprint density at radius 1 is 1.16 bits per heavy atom. The number of rotatable bonds is 2. The van der Waals surface area contributed by atoms with Crippen molar-refractivity contribution in [3.63, 3.8) is 0 Å². The monoisotopic (exact) mass is 428 g/mol. The van der Waals surface area contributed by atoms with Gasteiger partial charge in [0.1, 0.15) is 0 Å². The Balaban J connectivity index is 2.22. The van der Waals surface area contributed by atoms with Crippen LogP contribution in [0.5, 0.6) is 0 Å². The van der Waals surface area contributed by atoms with Crippen LogP contribution in [-0.2, 0) is 6.54 Å². The molecule has 0 radical (unpaired) electrons. The largest absolute Gasteiger partial charge is 0.303 e. The fourth-order valence-corrected chi connectivity index (χ4v) is 4.29. The third kappa shape index (κ3) is 3.72. The maximum absolute atomic E-state index is 12.5. The highest BCUT2D eigenvalue weighted by Crippen LogP contribution is 2.32. The zero-order valence-electron chi connectivity index (χ0n) is 12.4. The minimum absolute atomic E-state index is 0.197. The molecule has 3 nitrogen and oxygen atoms in total. The lowest BCUT2D eigenvalue weighted by atomic mass is 10.2. The second-order valence-corrected chi connectivity index (χ2v) is 7.63. The number of hydrogen-bond donors (Lipinski definition) is 0. The minimum Gasteiger partial charge on any atom is -0.303 e. The number of terminal acetylenes is 1. The Hall–Kier alpha value is -1.48. The highest BCUT2D eigenvalue weighted by molar-refractivity contribution is 7.16. The van der Waals surface area contributed by atoms with E-state index in [-0.39, 0.29) is 12.1 Å². The van der Waals surface area contributed by atoms with E-state index in [1.807, 2.05) is 0 Å². The first-order valence-electron chi connectivity index (χ1n) is 6.86. The molecule has 1 amide bonds. The first kappa shape index (κ1) is 18.3. The van der Waals surface area contributed by atoms with Gasteiger partial charge >= 0.3 is 0 Å². The van der Waals surface area contributed by atoms with Gasteiger partial charge in [-0.25, -0.2) is 0 Å². The molecule has 0 spiro atoms. The van der Waals surface area contributed by atoms with Crippen molar-refractivity contribution in [3.8, 4) is 12.3 Å². The number of thiazole rings is 1. The molecule has 3 aromatic rings. The molecule has 2 aromatic carbocycles. The predicted octanol–water partition coefficient (Wildman–Crippen LogP) is 5.69. The van der Waals surface area contributed by atoms with Gasteiger partial charge in [0.05, 0.1) is 26.8 Å². The fourth-order valence-electron chi connectivity index (χ4n) is 2.26. The molecule has 0 aliphatic rings. The van der Waals surface area contributed by atoms with E-state index in [4.69, 9.17) is 52.8 Å². The predicted molar refractivity (Wildman–Crippen MR) is 105 cm³/mol. The van der Waals surface area contributed by atoms with E-state index >= 15 is 0 Å². The molecule has 0 atom stereocenters. The number of benzene rings is 2. The summed E-state index contributed by atoms with van der Waals surface area (Å²) in [5.74, 6) is 2.05. The lowest BCUT2D eigenvalue weighted by molar-refractivity contribution is 0.0998. The molecule has 0 N–H and O–H groups in total. The van der Waals surface area contributed by atoms with Crippen LogP contribution in [0.4, 0.5) is 0 Å². The van der Waals surface area contributed by atoms with E-state index < -0.39 is 5.91 Å². The molecule has 0 saturated carbocycles. The lowest BCUT2D eigenvalue weighted by Crippen LogP contribution is -2.16. The number of carbonyl (C=O) groups is 1. The normalized spacial score (nSPS) is 11.7.